The summed E-state index contributed by atoms with van der Waals surface area (Å²) in [4.78, 5) is 0. The van der Waals surface area contributed by atoms with Crippen molar-refractivity contribution in [1.82, 2.24) is 5.32 Å². The Labute approximate surface area is 102 Å². The van der Waals surface area contributed by atoms with E-state index in [9.17, 15) is 5.11 Å². The van der Waals surface area contributed by atoms with Crippen LogP contribution in [0.1, 0.15) is 29.5 Å². The predicted octanol–water partition coefficient (Wildman–Crippen LogP) is 1.73. The molecule has 2 N–H and O–H groups in total. The zero-order valence-electron chi connectivity index (χ0n) is 10.1. The number of nitriles is 1. The molecule has 1 aromatic carbocycles. The average molecular weight is 230 g/mol. The van der Waals surface area contributed by atoms with Gasteiger partial charge in [-0.15, -0.1) is 0 Å². The zero-order valence-corrected chi connectivity index (χ0v) is 10.1. The minimum Gasteiger partial charge on any atom is -0.393 e. The van der Waals surface area contributed by atoms with E-state index in [1.165, 1.54) is 5.56 Å². The van der Waals surface area contributed by atoms with Crippen molar-refractivity contribution in [2.45, 2.75) is 32.4 Å². The highest BCUT2D eigenvalue weighted by Gasteiger charge is 2.26. The third-order valence-electron chi connectivity index (χ3n) is 3.43. The van der Waals surface area contributed by atoms with Gasteiger partial charge in [0.05, 0.1) is 17.7 Å². The fourth-order valence-corrected chi connectivity index (χ4v) is 2.24. The van der Waals surface area contributed by atoms with Crippen molar-refractivity contribution in [3.63, 3.8) is 0 Å². The minimum absolute atomic E-state index is 0.0709. The van der Waals surface area contributed by atoms with Gasteiger partial charge in [-0.2, -0.15) is 5.26 Å². The fraction of sp³-hybridized carbons (Fsp3) is 0.500. The van der Waals surface area contributed by atoms with Crippen molar-refractivity contribution in [1.29, 1.82) is 5.26 Å². The Morgan fingerprint density at radius 1 is 1.47 bits per heavy atom. The summed E-state index contributed by atoms with van der Waals surface area (Å²) in [6.45, 7) is 3.84. The first-order chi connectivity index (χ1) is 8.19. The number of nitrogens with zero attached hydrogens (tertiary/aromatic N) is 1. The standard InChI is InChI=1S/C14H18N2O/c1-10-4-11(7-15)2-3-13(10)9-16-8-12-5-14(17)6-12/h2-4,12,14,16-17H,5-6,8-9H2,1H3. The molecule has 0 radical (unpaired) electrons. The second-order valence-electron chi connectivity index (χ2n) is 4.88. The van der Waals surface area contributed by atoms with Gasteiger partial charge in [0.25, 0.3) is 0 Å². The van der Waals surface area contributed by atoms with Gasteiger partial charge >= 0.3 is 0 Å². The molecule has 0 aliphatic heterocycles. The Balaban J connectivity index is 1.81. The first-order valence-electron chi connectivity index (χ1n) is 6.07. The lowest BCUT2D eigenvalue weighted by atomic mass is 9.82. The SMILES string of the molecule is Cc1cc(C#N)ccc1CNCC1CC(O)C1. The molecule has 0 spiro atoms. The molecular formula is C14H18N2O. The van der Waals surface area contributed by atoms with Gasteiger partial charge in [-0.1, -0.05) is 6.07 Å². The topological polar surface area (TPSA) is 56.0 Å². The molecule has 0 saturated heterocycles. The lowest BCUT2D eigenvalue weighted by Gasteiger charge is -2.31. The number of aliphatic hydroxyl groups is 1. The van der Waals surface area contributed by atoms with E-state index in [2.05, 4.69) is 11.4 Å². The number of benzene rings is 1. The largest absolute Gasteiger partial charge is 0.393 e. The maximum absolute atomic E-state index is 9.18. The molecule has 1 aromatic rings. The summed E-state index contributed by atoms with van der Waals surface area (Å²) >= 11 is 0. The van der Waals surface area contributed by atoms with E-state index in [0.29, 0.717) is 11.5 Å². The normalized spacial score (nSPS) is 22.9. The van der Waals surface area contributed by atoms with Gasteiger partial charge in [0.1, 0.15) is 0 Å². The molecule has 0 bridgehead atoms. The second-order valence-corrected chi connectivity index (χ2v) is 4.88. The van der Waals surface area contributed by atoms with E-state index in [1.807, 2.05) is 25.1 Å². The summed E-state index contributed by atoms with van der Waals surface area (Å²) < 4.78 is 0. The quantitative estimate of drug-likeness (QED) is 0.828. The molecule has 90 valence electrons. The smallest absolute Gasteiger partial charge is 0.0991 e. The number of aliphatic hydroxyl groups excluding tert-OH is 1. The summed E-state index contributed by atoms with van der Waals surface area (Å²) in [6, 6.07) is 7.93. The number of nitrogens with one attached hydrogen (secondary N) is 1. The highest BCUT2D eigenvalue weighted by atomic mass is 16.3. The van der Waals surface area contributed by atoms with E-state index in [-0.39, 0.29) is 6.10 Å². The summed E-state index contributed by atoms with van der Waals surface area (Å²) in [5.41, 5.74) is 3.11. The molecule has 2 rings (SSSR count). The highest BCUT2D eigenvalue weighted by Crippen LogP contribution is 2.26. The van der Waals surface area contributed by atoms with Gasteiger partial charge in [-0.3, -0.25) is 0 Å². The summed E-state index contributed by atoms with van der Waals surface area (Å²) in [5, 5.41) is 21.4. The summed E-state index contributed by atoms with van der Waals surface area (Å²) in [7, 11) is 0. The van der Waals surface area contributed by atoms with Crippen LogP contribution in [0.4, 0.5) is 0 Å². The molecule has 1 fully saturated rings. The number of hydrogen-bond acceptors (Lipinski definition) is 3. The second kappa shape index (κ2) is 5.31. The van der Waals surface area contributed by atoms with Crippen LogP contribution < -0.4 is 5.32 Å². The Hall–Kier alpha value is -1.37. The van der Waals surface area contributed by atoms with E-state index in [0.717, 1.165) is 31.5 Å². The van der Waals surface area contributed by atoms with Crippen LogP contribution in [0.3, 0.4) is 0 Å². The Kier molecular flexibility index (Phi) is 3.78. The van der Waals surface area contributed by atoms with Crippen molar-refractivity contribution >= 4 is 0 Å². The molecular weight excluding hydrogens is 212 g/mol. The van der Waals surface area contributed by atoms with E-state index >= 15 is 0 Å². The van der Waals surface area contributed by atoms with Crippen LogP contribution in [0.5, 0.6) is 0 Å². The summed E-state index contributed by atoms with van der Waals surface area (Å²) in [5.74, 6) is 0.628. The third-order valence-corrected chi connectivity index (χ3v) is 3.43. The van der Waals surface area contributed by atoms with Gasteiger partial charge in [0.2, 0.25) is 0 Å². The molecule has 0 amide bonds. The Morgan fingerprint density at radius 2 is 2.24 bits per heavy atom. The maximum Gasteiger partial charge on any atom is 0.0991 e. The van der Waals surface area contributed by atoms with Crippen LogP contribution in [0, 0.1) is 24.2 Å². The van der Waals surface area contributed by atoms with Crippen molar-refractivity contribution in [3.05, 3.63) is 34.9 Å². The molecule has 3 nitrogen and oxygen atoms in total. The van der Waals surface area contributed by atoms with Gasteiger partial charge in [-0.05, 0) is 55.5 Å². The molecule has 0 heterocycles. The van der Waals surface area contributed by atoms with E-state index < -0.39 is 0 Å². The van der Waals surface area contributed by atoms with Crippen molar-refractivity contribution < 1.29 is 5.11 Å². The Bertz CT molecular complexity index is 430. The lowest BCUT2D eigenvalue weighted by Crippen LogP contribution is -2.35. The number of hydrogen-bond donors (Lipinski definition) is 2. The lowest BCUT2D eigenvalue weighted by molar-refractivity contribution is 0.0429. The molecule has 0 aromatic heterocycles. The first-order valence-corrected chi connectivity index (χ1v) is 6.07. The Morgan fingerprint density at radius 3 is 2.82 bits per heavy atom. The number of aryl methyl sites for hydroxylation is 1. The predicted molar refractivity (Wildman–Crippen MR) is 66.3 cm³/mol. The first kappa shape index (κ1) is 12.1. The van der Waals surface area contributed by atoms with Crippen LogP contribution in [0.25, 0.3) is 0 Å². The van der Waals surface area contributed by atoms with Crippen LogP contribution in [0.2, 0.25) is 0 Å². The molecule has 1 aliphatic rings. The summed E-state index contributed by atoms with van der Waals surface area (Å²) in [6.07, 6.45) is 1.79. The van der Waals surface area contributed by atoms with Crippen LogP contribution >= 0.6 is 0 Å². The van der Waals surface area contributed by atoms with Gasteiger partial charge in [-0.25, -0.2) is 0 Å². The number of rotatable bonds is 4. The van der Waals surface area contributed by atoms with Gasteiger partial charge < -0.3 is 10.4 Å². The molecule has 0 atom stereocenters. The van der Waals surface area contributed by atoms with Crippen molar-refractivity contribution in [3.8, 4) is 6.07 Å². The molecule has 0 unspecified atom stereocenters. The highest BCUT2D eigenvalue weighted by molar-refractivity contribution is 5.37. The van der Waals surface area contributed by atoms with E-state index in [4.69, 9.17) is 5.26 Å². The van der Waals surface area contributed by atoms with Crippen LogP contribution in [-0.4, -0.2) is 17.8 Å². The fourth-order valence-electron chi connectivity index (χ4n) is 2.24. The van der Waals surface area contributed by atoms with E-state index in [1.54, 1.807) is 0 Å². The van der Waals surface area contributed by atoms with Crippen molar-refractivity contribution in [2.75, 3.05) is 6.54 Å². The molecule has 17 heavy (non-hydrogen) atoms. The van der Waals surface area contributed by atoms with Gasteiger partial charge in [0.15, 0.2) is 0 Å². The monoisotopic (exact) mass is 230 g/mol. The third kappa shape index (κ3) is 3.06. The van der Waals surface area contributed by atoms with Crippen LogP contribution in [-0.2, 0) is 6.54 Å². The van der Waals surface area contributed by atoms with Crippen LogP contribution in [0.15, 0.2) is 18.2 Å². The van der Waals surface area contributed by atoms with Crippen molar-refractivity contribution in [2.24, 2.45) is 5.92 Å². The molecule has 3 heteroatoms. The molecule has 1 aliphatic carbocycles. The maximum atomic E-state index is 9.18. The zero-order chi connectivity index (χ0) is 12.3. The average Bonchev–Trinajstić information content (AvgIpc) is 2.28. The van der Waals surface area contributed by atoms with Gasteiger partial charge in [0, 0.05) is 6.54 Å². The molecule has 1 saturated carbocycles. The minimum atomic E-state index is -0.0709.